The van der Waals surface area contributed by atoms with Crippen molar-refractivity contribution in [2.45, 2.75) is 95.5 Å². The number of allylic oxidation sites excluding steroid dienone is 4. The summed E-state index contributed by atoms with van der Waals surface area (Å²) in [6.45, 7) is 2.87. The Balaban J connectivity index is 0.848. The minimum Gasteiger partial charge on any atom is -0.481 e. The van der Waals surface area contributed by atoms with Crippen LogP contribution in [-0.4, -0.2) is 104 Å². The van der Waals surface area contributed by atoms with Gasteiger partial charge in [-0.3, -0.25) is 34.1 Å². The number of aromatic nitrogens is 1. The van der Waals surface area contributed by atoms with Crippen LogP contribution in [0.15, 0.2) is 78.5 Å². The fraction of sp³-hybridized carbons (Fsp3) is 0.469. The van der Waals surface area contributed by atoms with E-state index in [0.717, 1.165) is 29.0 Å². The quantitative estimate of drug-likeness (QED) is 0.0889. The maximum atomic E-state index is 14.0. The molecule has 0 radical (unpaired) electrons. The van der Waals surface area contributed by atoms with Gasteiger partial charge in [0.2, 0.25) is 17.7 Å². The Labute approximate surface area is 409 Å². The van der Waals surface area contributed by atoms with Crippen molar-refractivity contribution in [1.29, 1.82) is 0 Å². The van der Waals surface area contributed by atoms with Crippen molar-refractivity contribution in [3.05, 3.63) is 99.5 Å². The number of thiazole rings is 1. The number of aliphatic hydroxyl groups is 2. The molecule has 0 unspecified atom stereocenters. The van der Waals surface area contributed by atoms with Gasteiger partial charge < -0.3 is 45.5 Å². The molecule has 7 N–H and O–H groups in total. The minimum absolute atomic E-state index is 0.0154. The molecule has 4 amide bonds. The number of benzene rings is 2. The third kappa shape index (κ3) is 10.0. The fourth-order valence-corrected chi connectivity index (χ4v) is 12.6. The molecule has 1 aromatic heterocycles. The van der Waals surface area contributed by atoms with Crippen molar-refractivity contribution in [3.63, 3.8) is 0 Å². The number of nitrogens with one attached hydrogen (secondary N) is 4. The van der Waals surface area contributed by atoms with Gasteiger partial charge in [0.25, 0.3) is 0 Å². The molecule has 5 aliphatic rings. The Hall–Kier alpha value is -5.64. The zero-order valence-electron chi connectivity index (χ0n) is 37.9. The van der Waals surface area contributed by atoms with Crippen LogP contribution in [0, 0.1) is 28.6 Å². The molecule has 18 nitrogen and oxygen atoms in total. The molecule has 10 atom stereocenters. The molecule has 3 saturated carbocycles. The molecule has 20 heteroatoms. The number of amides is 4. The van der Waals surface area contributed by atoms with Gasteiger partial charge in [-0.05, 0) is 91.5 Å². The molecular weight excluding hydrogens is 979 g/mol. The maximum Gasteiger partial charge on any atom is 0.411 e. The summed E-state index contributed by atoms with van der Waals surface area (Å²) < 4.78 is 18.8. The van der Waals surface area contributed by atoms with E-state index < -0.39 is 89.7 Å². The molecule has 4 aliphatic carbocycles. The van der Waals surface area contributed by atoms with E-state index >= 15 is 0 Å². The lowest BCUT2D eigenvalue weighted by Crippen LogP contribution is -2.63. The van der Waals surface area contributed by atoms with Crippen LogP contribution in [0.25, 0.3) is 0 Å². The molecule has 4 fully saturated rings. The highest BCUT2D eigenvalue weighted by Gasteiger charge is 2.76. The number of carboxylic acid groups (broad SMARTS) is 1. The zero-order valence-corrected chi connectivity index (χ0v) is 40.3. The third-order valence-electron chi connectivity index (χ3n) is 14.6. The van der Waals surface area contributed by atoms with Crippen LogP contribution in [0.2, 0.25) is 0 Å². The van der Waals surface area contributed by atoms with Gasteiger partial charge in [-0.1, -0.05) is 65.7 Å². The summed E-state index contributed by atoms with van der Waals surface area (Å²) in [5, 5.41) is 42.3. The summed E-state index contributed by atoms with van der Waals surface area (Å²) in [5.41, 5.74) is 0.514. The summed E-state index contributed by atoms with van der Waals surface area (Å²) in [4.78, 5) is 92.3. The van der Waals surface area contributed by atoms with Crippen LogP contribution >= 0.6 is 27.3 Å². The van der Waals surface area contributed by atoms with E-state index in [-0.39, 0.29) is 54.7 Å². The number of aliphatic hydroxyl groups excluding tert-OH is 2. The number of hydrogen-bond donors (Lipinski definition) is 7. The van der Waals surface area contributed by atoms with Crippen molar-refractivity contribution < 1.29 is 63.1 Å². The smallest absolute Gasteiger partial charge is 0.411 e. The number of carbonyl (C=O) groups is 7. The van der Waals surface area contributed by atoms with Gasteiger partial charge in [-0.25, -0.2) is 9.78 Å². The van der Waals surface area contributed by atoms with Gasteiger partial charge in [0, 0.05) is 47.2 Å². The summed E-state index contributed by atoms with van der Waals surface area (Å²) in [6.07, 6.45) is 5.96. The van der Waals surface area contributed by atoms with Crippen molar-refractivity contribution in [2.24, 2.45) is 28.6 Å². The Kier molecular flexibility index (Phi) is 14.7. The fourth-order valence-electron chi connectivity index (χ4n) is 11.5. The van der Waals surface area contributed by atoms with Gasteiger partial charge in [0.15, 0.2) is 23.5 Å². The van der Waals surface area contributed by atoms with Crippen LogP contribution < -0.4 is 21.3 Å². The molecule has 1 aliphatic heterocycles. The van der Waals surface area contributed by atoms with E-state index in [1.807, 2.05) is 19.1 Å². The molecule has 0 spiro atoms. The molecule has 69 heavy (non-hydrogen) atoms. The topological polar surface area (TPSA) is 269 Å². The Morgan fingerprint density at radius 1 is 1.03 bits per heavy atom. The van der Waals surface area contributed by atoms with Gasteiger partial charge in [-0.15, -0.1) is 11.3 Å². The van der Waals surface area contributed by atoms with Crippen LogP contribution in [0.3, 0.4) is 0 Å². The minimum atomic E-state index is -1.48. The lowest BCUT2D eigenvalue weighted by atomic mass is 9.46. The van der Waals surface area contributed by atoms with Crippen molar-refractivity contribution in [2.75, 3.05) is 29.1 Å². The molecule has 0 bridgehead atoms. The standard InChI is InChI=1S/C49H54BrN5O13S/c1-47-15-14-31(57)18-28(47)8-11-32-33-19-38-49(37(59)24-56,48(33,2)20-35(58)43(32)47)68-45(67-38)36-22-52-41(69-36)17-27-4-3-5-30(16-27)54-46(65)66-25-26-6-9-29(10-7-26)53-44(64)34(12-13-42(62)63)55-40(61)23-51-39(60)21-50/h3-7,9-10,14-16,18,22,32-35,38,43,45,56,58H,8,11-13,17,19-21,23-25H2,1-2H3,(H,51,60)(H,53,64)(H,54,65)(H,55,61)(H,62,63)/t32-,33-,34-,35-,38+,43+,45-,47-,48-,49+/m0/s1. The second-order valence-corrected chi connectivity index (χ2v) is 20.4. The van der Waals surface area contributed by atoms with Crippen LogP contribution in [0.4, 0.5) is 16.2 Å². The van der Waals surface area contributed by atoms with E-state index in [2.05, 4.69) is 49.1 Å². The summed E-state index contributed by atoms with van der Waals surface area (Å²) in [5.74, 6) is -3.55. The number of ketones is 2. The third-order valence-corrected chi connectivity index (χ3v) is 16.1. The highest BCUT2D eigenvalue weighted by atomic mass is 79.9. The molecule has 3 aromatic rings. The van der Waals surface area contributed by atoms with E-state index in [4.69, 9.17) is 19.3 Å². The largest absolute Gasteiger partial charge is 0.481 e. The van der Waals surface area contributed by atoms with Crippen molar-refractivity contribution in [3.8, 4) is 0 Å². The zero-order chi connectivity index (χ0) is 49.3. The summed E-state index contributed by atoms with van der Waals surface area (Å²) in [6, 6.07) is 12.4. The number of carboxylic acids is 1. The lowest BCUT2D eigenvalue weighted by molar-refractivity contribution is -0.200. The summed E-state index contributed by atoms with van der Waals surface area (Å²) >= 11 is 4.34. The number of halogens is 1. The SMILES string of the molecule is C[C@]12C=CC(=O)C=C1CC[C@@H]1[C@@H]2[C@@H](O)C[C@@]2(C)[C@H]1C[C@H]1O[C@H](c3cnc(Cc4cccc(NC(=O)OCc5ccc(NC(=O)[C@H](CCC(=O)O)NC(=O)CNC(=O)CBr)cc5)c4)s3)O[C@]12C(=O)CO. The lowest BCUT2D eigenvalue weighted by Gasteiger charge is -2.59. The first-order chi connectivity index (χ1) is 33.0. The Morgan fingerprint density at radius 2 is 1.81 bits per heavy atom. The molecule has 366 valence electrons. The average molecular weight is 1030 g/mol. The maximum absolute atomic E-state index is 14.0. The molecule has 2 heterocycles. The van der Waals surface area contributed by atoms with E-state index in [9.17, 15) is 43.8 Å². The van der Waals surface area contributed by atoms with Gasteiger partial charge in [-0.2, -0.15) is 0 Å². The van der Waals surface area contributed by atoms with Gasteiger partial charge in [0.1, 0.15) is 19.3 Å². The molecule has 1 saturated heterocycles. The number of carbonyl (C=O) groups excluding carboxylic acids is 6. The molecule has 8 rings (SSSR count). The van der Waals surface area contributed by atoms with E-state index in [0.29, 0.717) is 34.7 Å². The Morgan fingerprint density at radius 3 is 2.55 bits per heavy atom. The normalized spacial score (nSPS) is 29.0. The van der Waals surface area contributed by atoms with Crippen LogP contribution in [0.5, 0.6) is 0 Å². The number of fused-ring (bicyclic) bond motifs is 7. The number of rotatable bonds is 17. The molecule has 2 aromatic carbocycles. The Bertz CT molecular complexity index is 2590. The monoisotopic (exact) mass is 1030 g/mol. The number of ether oxygens (including phenoxy) is 3. The molecular formula is C49H54BrN5O13S. The summed E-state index contributed by atoms with van der Waals surface area (Å²) in [7, 11) is 0. The number of Topliss-reactive ketones (excluding diaryl/α,β-unsaturated/α-hetero) is 1. The predicted octanol–water partition coefficient (Wildman–Crippen LogP) is 4.88. The van der Waals surface area contributed by atoms with Crippen LogP contribution in [-0.2, 0) is 56.0 Å². The van der Waals surface area contributed by atoms with Crippen LogP contribution in [0.1, 0.15) is 79.7 Å². The second-order valence-electron chi connectivity index (χ2n) is 18.7. The average Bonchev–Trinajstić information content (AvgIpc) is 4.01. The van der Waals surface area contributed by atoms with Gasteiger partial charge in [0.05, 0.1) is 34.0 Å². The number of nitrogens with zero attached hydrogens (tertiary/aromatic N) is 1. The van der Waals surface area contributed by atoms with E-state index in [1.165, 1.54) is 11.3 Å². The highest BCUT2D eigenvalue weighted by Crippen LogP contribution is 2.70. The van der Waals surface area contributed by atoms with Crippen molar-refractivity contribution >= 4 is 80.0 Å². The number of alkyl halides is 1. The first-order valence-electron chi connectivity index (χ1n) is 22.8. The number of aliphatic carboxylic acids is 1. The second kappa shape index (κ2) is 20.4. The first kappa shape index (κ1) is 49.8. The highest BCUT2D eigenvalue weighted by molar-refractivity contribution is 9.09. The first-order valence-corrected chi connectivity index (χ1v) is 24.7. The van der Waals surface area contributed by atoms with E-state index in [1.54, 1.807) is 60.8 Å². The van der Waals surface area contributed by atoms with Gasteiger partial charge >= 0.3 is 12.1 Å². The predicted molar refractivity (Wildman–Crippen MR) is 253 cm³/mol. The van der Waals surface area contributed by atoms with Crippen molar-refractivity contribution in [1.82, 2.24) is 15.6 Å². The number of hydrogen-bond acceptors (Lipinski definition) is 14. The number of anilines is 2.